The van der Waals surface area contributed by atoms with Gasteiger partial charge in [-0.25, -0.2) is 9.37 Å². The molecule has 0 saturated heterocycles. The number of hydrogen-bond acceptors (Lipinski definition) is 4. The van der Waals surface area contributed by atoms with Gasteiger partial charge in [-0.1, -0.05) is 18.5 Å². The van der Waals surface area contributed by atoms with Gasteiger partial charge in [-0.05, 0) is 42.8 Å². The number of nitrogens with zero attached hydrogens (tertiary/aromatic N) is 1. The first-order valence-corrected chi connectivity index (χ1v) is 10.9. The molecule has 3 rings (SSSR count). The maximum atomic E-state index is 14.1. The van der Waals surface area contributed by atoms with E-state index in [2.05, 4.69) is 10.3 Å². The van der Waals surface area contributed by atoms with Crippen molar-refractivity contribution in [3.63, 3.8) is 0 Å². The Morgan fingerprint density at radius 1 is 1.30 bits per heavy atom. The summed E-state index contributed by atoms with van der Waals surface area (Å²) in [5.41, 5.74) is 1.87. The van der Waals surface area contributed by atoms with Gasteiger partial charge in [-0.3, -0.25) is 9.00 Å². The lowest BCUT2D eigenvalue weighted by molar-refractivity contribution is 0.102. The van der Waals surface area contributed by atoms with Gasteiger partial charge in [0.15, 0.2) is 0 Å². The van der Waals surface area contributed by atoms with Crippen molar-refractivity contribution < 1.29 is 13.4 Å². The van der Waals surface area contributed by atoms with Gasteiger partial charge in [-0.2, -0.15) is 0 Å². The van der Waals surface area contributed by atoms with E-state index in [1.165, 1.54) is 18.4 Å². The Labute approximate surface area is 167 Å². The molecule has 0 aliphatic rings. The summed E-state index contributed by atoms with van der Waals surface area (Å²) in [6.45, 7) is 2.03. The standard InChI is InChI=1S/C19H16ClFN2O2S2/c1-3-18-23-17(10-26-18)13-6-4-11(8-15(13)20)22-19(24)14-7-5-12(27(2)25)9-16(14)21/h4-10H,3H2,1-2H3,(H,22,24). The summed E-state index contributed by atoms with van der Waals surface area (Å²) in [4.78, 5) is 17.2. The van der Waals surface area contributed by atoms with Crippen molar-refractivity contribution in [2.24, 2.45) is 0 Å². The highest BCUT2D eigenvalue weighted by atomic mass is 35.5. The molecule has 4 nitrogen and oxygen atoms in total. The molecule has 1 atom stereocenters. The van der Waals surface area contributed by atoms with E-state index in [0.717, 1.165) is 28.8 Å². The Kier molecular flexibility index (Phi) is 6.04. The molecule has 27 heavy (non-hydrogen) atoms. The van der Waals surface area contributed by atoms with Crippen LogP contribution in [0.5, 0.6) is 0 Å². The van der Waals surface area contributed by atoms with E-state index in [1.807, 2.05) is 12.3 Å². The van der Waals surface area contributed by atoms with Crippen molar-refractivity contribution in [2.45, 2.75) is 18.2 Å². The van der Waals surface area contributed by atoms with Crippen LogP contribution in [0.2, 0.25) is 5.02 Å². The van der Waals surface area contributed by atoms with Crippen LogP contribution < -0.4 is 5.32 Å². The van der Waals surface area contributed by atoms with Crippen LogP contribution in [0.4, 0.5) is 10.1 Å². The van der Waals surface area contributed by atoms with Gasteiger partial charge in [0.05, 0.1) is 21.3 Å². The zero-order chi connectivity index (χ0) is 19.6. The maximum Gasteiger partial charge on any atom is 0.258 e. The lowest BCUT2D eigenvalue weighted by atomic mass is 10.1. The summed E-state index contributed by atoms with van der Waals surface area (Å²) in [6.07, 6.45) is 2.30. The fraction of sp³-hybridized carbons (Fsp3) is 0.158. The highest BCUT2D eigenvalue weighted by Gasteiger charge is 2.15. The number of aromatic nitrogens is 1. The predicted molar refractivity (Wildman–Crippen MR) is 109 cm³/mol. The maximum absolute atomic E-state index is 14.1. The quantitative estimate of drug-likeness (QED) is 0.618. The van der Waals surface area contributed by atoms with E-state index in [-0.39, 0.29) is 5.56 Å². The van der Waals surface area contributed by atoms with Crippen molar-refractivity contribution in [3.8, 4) is 11.3 Å². The first kappa shape index (κ1) is 19.7. The average molecular weight is 423 g/mol. The zero-order valence-electron chi connectivity index (χ0n) is 14.6. The number of carbonyl (C=O) groups is 1. The minimum absolute atomic E-state index is 0.128. The Bertz CT molecular complexity index is 1040. The highest BCUT2D eigenvalue weighted by molar-refractivity contribution is 7.84. The fourth-order valence-electron chi connectivity index (χ4n) is 2.45. The van der Waals surface area contributed by atoms with Crippen LogP contribution in [0.1, 0.15) is 22.3 Å². The third kappa shape index (κ3) is 4.43. The summed E-state index contributed by atoms with van der Waals surface area (Å²) in [5.74, 6) is -1.33. The average Bonchev–Trinajstić information content (AvgIpc) is 3.10. The van der Waals surface area contributed by atoms with E-state index in [4.69, 9.17) is 11.6 Å². The Morgan fingerprint density at radius 3 is 2.67 bits per heavy atom. The van der Waals surface area contributed by atoms with Gasteiger partial charge in [0, 0.05) is 38.6 Å². The number of benzene rings is 2. The number of aryl methyl sites for hydroxylation is 1. The fourth-order valence-corrected chi connectivity index (χ4v) is 4.01. The molecule has 2 aromatic carbocycles. The number of halogens is 2. The van der Waals surface area contributed by atoms with Gasteiger partial charge >= 0.3 is 0 Å². The van der Waals surface area contributed by atoms with E-state index in [1.54, 1.807) is 29.5 Å². The van der Waals surface area contributed by atoms with Crippen LogP contribution >= 0.6 is 22.9 Å². The van der Waals surface area contributed by atoms with Gasteiger partial charge < -0.3 is 5.32 Å². The SMILES string of the molecule is CCc1nc(-c2ccc(NC(=O)c3ccc(S(C)=O)cc3F)cc2Cl)cs1. The summed E-state index contributed by atoms with van der Waals surface area (Å²) in [7, 11) is -1.32. The summed E-state index contributed by atoms with van der Waals surface area (Å²) in [5, 5.41) is 6.03. The molecule has 0 bridgehead atoms. The lowest BCUT2D eigenvalue weighted by Crippen LogP contribution is -2.14. The van der Waals surface area contributed by atoms with E-state index < -0.39 is 22.5 Å². The van der Waals surface area contributed by atoms with Crippen LogP contribution in [-0.2, 0) is 17.2 Å². The highest BCUT2D eigenvalue weighted by Crippen LogP contribution is 2.31. The smallest absolute Gasteiger partial charge is 0.258 e. The second-order valence-electron chi connectivity index (χ2n) is 5.72. The van der Waals surface area contributed by atoms with Crippen molar-refractivity contribution in [1.82, 2.24) is 4.98 Å². The number of rotatable bonds is 5. The second kappa shape index (κ2) is 8.29. The number of hydrogen-bond donors (Lipinski definition) is 1. The molecule has 0 aliphatic heterocycles. The minimum atomic E-state index is -1.32. The number of carbonyl (C=O) groups excluding carboxylic acids is 1. The van der Waals surface area contributed by atoms with Crippen molar-refractivity contribution in [1.29, 1.82) is 0 Å². The van der Waals surface area contributed by atoms with E-state index >= 15 is 0 Å². The molecule has 1 unspecified atom stereocenters. The van der Waals surface area contributed by atoms with Crippen molar-refractivity contribution >= 4 is 45.3 Å². The summed E-state index contributed by atoms with van der Waals surface area (Å²) < 4.78 is 25.5. The zero-order valence-corrected chi connectivity index (χ0v) is 17.0. The molecule has 1 heterocycles. The van der Waals surface area contributed by atoms with E-state index in [9.17, 15) is 13.4 Å². The van der Waals surface area contributed by atoms with Gasteiger partial charge in [0.2, 0.25) is 0 Å². The van der Waals surface area contributed by atoms with Crippen LogP contribution in [-0.4, -0.2) is 21.4 Å². The first-order chi connectivity index (χ1) is 12.9. The third-order valence-electron chi connectivity index (χ3n) is 3.87. The van der Waals surface area contributed by atoms with Crippen LogP contribution in [0.3, 0.4) is 0 Å². The van der Waals surface area contributed by atoms with Gasteiger partial charge in [-0.15, -0.1) is 11.3 Å². The largest absolute Gasteiger partial charge is 0.322 e. The molecule has 1 aromatic heterocycles. The Hall–Kier alpha value is -2.09. The van der Waals surface area contributed by atoms with Crippen LogP contribution in [0.15, 0.2) is 46.7 Å². The molecular formula is C19H16ClFN2O2S2. The topological polar surface area (TPSA) is 59.1 Å². The number of anilines is 1. The molecule has 3 aromatic rings. The van der Waals surface area contributed by atoms with Crippen molar-refractivity contribution in [3.05, 3.63) is 63.2 Å². The molecular weight excluding hydrogens is 407 g/mol. The molecule has 140 valence electrons. The van der Waals surface area contributed by atoms with Gasteiger partial charge in [0.1, 0.15) is 5.82 Å². The Morgan fingerprint density at radius 2 is 2.07 bits per heavy atom. The molecule has 8 heteroatoms. The minimum Gasteiger partial charge on any atom is -0.322 e. The van der Waals surface area contributed by atoms with Crippen LogP contribution in [0, 0.1) is 5.82 Å². The second-order valence-corrected chi connectivity index (χ2v) is 8.45. The molecule has 0 radical (unpaired) electrons. The summed E-state index contributed by atoms with van der Waals surface area (Å²) >= 11 is 7.91. The summed E-state index contributed by atoms with van der Waals surface area (Å²) in [6, 6.07) is 8.96. The lowest BCUT2D eigenvalue weighted by Gasteiger charge is -2.09. The monoisotopic (exact) mass is 422 g/mol. The number of amides is 1. The molecule has 0 aliphatic carbocycles. The predicted octanol–water partition coefficient (Wildman–Crippen LogP) is 5.15. The van der Waals surface area contributed by atoms with E-state index in [0.29, 0.717) is 15.6 Å². The molecule has 0 saturated carbocycles. The Balaban J connectivity index is 1.80. The normalized spacial score (nSPS) is 12.0. The molecule has 0 fully saturated rings. The molecule has 0 spiro atoms. The van der Waals surface area contributed by atoms with Gasteiger partial charge in [0.25, 0.3) is 5.91 Å². The van der Waals surface area contributed by atoms with Crippen LogP contribution in [0.25, 0.3) is 11.3 Å². The number of thiazole rings is 1. The molecule has 1 N–H and O–H groups in total. The van der Waals surface area contributed by atoms with Crippen molar-refractivity contribution in [2.75, 3.05) is 11.6 Å². The first-order valence-electron chi connectivity index (χ1n) is 8.07. The molecule has 1 amide bonds. The third-order valence-corrected chi connectivity index (χ3v) is 6.10. The number of nitrogens with one attached hydrogen (secondary N) is 1.